The lowest BCUT2D eigenvalue weighted by Gasteiger charge is -2.61. The second-order valence-electron chi connectivity index (χ2n) is 12.6. The molecule has 0 aromatic heterocycles. The smallest absolute Gasteiger partial charge is 0.316 e. The molecule has 0 aliphatic heterocycles. The SMILES string of the molecule is C=C[C@]1(C)C[C@@H](OC(=O)CS[C@H]2C[C@H](CN)C[C@@H]2O)[C@]2(C)C(C)CCC3(CCC(=O)[C@H]32)[C@@H](C)C1O. The summed E-state index contributed by atoms with van der Waals surface area (Å²) in [6.07, 6.45) is 5.36. The summed E-state index contributed by atoms with van der Waals surface area (Å²) in [6, 6.07) is 0. The fraction of sp³-hybridized carbons (Fsp3) is 0.857. The molecule has 2 bridgehead atoms. The number of ketones is 1. The van der Waals surface area contributed by atoms with Crippen molar-refractivity contribution in [1.29, 1.82) is 0 Å². The minimum atomic E-state index is -0.663. The van der Waals surface area contributed by atoms with Crippen LogP contribution in [0.25, 0.3) is 0 Å². The van der Waals surface area contributed by atoms with Crippen LogP contribution >= 0.6 is 11.8 Å². The summed E-state index contributed by atoms with van der Waals surface area (Å²) >= 11 is 1.45. The number of hydrogen-bond acceptors (Lipinski definition) is 7. The predicted octanol–water partition coefficient (Wildman–Crippen LogP) is 3.72. The van der Waals surface area contributed by atoms with E-state index in [2.05, 4.69) is 27.4 Å². The van der Waals surface area contributed by atoms with Crippen LogP contribution in [0.2, 0.25) is 0 Å². The standard InChI is InChI=1S/C28H45NO5S/c1-6-26(4)13-22(34-23(32)15-35-21-12-18(14-29)11-20(21)31)27(5)16(2)7-9-28(17(3)25(26)33)10-8-19(30)24(27)28/h6,16-18,20-22,24-25,31,33H,1,7-15,29H2,2-5H3/t16?,17-,18+,20-,21-,22+,24-,25?,26+,27-,28?/m0/s1. The number of hydrogen-bond donors (Lipinski definition) is 3. The van der Waals surface area contributed by atoms with Crippen molar-refractivity contribution in [3.8, 4) is 0 Å². The third kappa shape index (κ3) is 4.32. The molecule has 0 radical (unpaired) electrons. The van der Waals surface area contributed by atoms with Crippen molar-refractivity contribution in [3.05, 3.63) is 12.7 Å². The van der Waals surface area contributed by atoms with E-state index in [9.17, 15) is 19.8 Å². The first-order valence-corrected chi connectivity index (χ1v) is 14.5. The van der Waals surface area contributed by atoms with Crippen LogP contribution < -0.4 is 5.73 Å². The van der Waals surface area contributed by atoms with Crippen molar-refractivity contribution in [2.45, 2.75) is 96.2 Å². The summed E-state index contributed by atoms with van der Waals surface area (Å²) in [7, 11) is 0. The number of carbonyl (C=O) groups is 2. The van der Waals surface area contributed by atoms with Gasteiger partial charge in [-0.1, -0.05) is 33.8 Å². The first kappa shape index (κ1) is 27.2. The van der Waals surface area contributed by atoms with Crippen LogP contribution in [-0.4, -0.2) is 57.8 Å². The lowest BCUT2D eigenvalue weighted by atomic mass is 9.44. The van der Waals surface area contributed by atoms with Crippen LogP contribution in [0.15, 0.2) is 12.7 Å². The summed E-state index contributed by atoms with van der Waals surface area (Å²) < 4.78 is 6.29. The molecule has 0 heterocycles. The predicted molar refractivity (Wildman–Crippen MR) is 139 cm³/mol. The van der Waals surface area contributed by atoms with E-state index in [4.69, 9.17) is 10.5 Å². The number of aliphatic hydroxyl groups excluding tert-OH is 2. The van der Waals surface area contributed by atoms with Crippen LogP contribution in [0.3, 0.4) is 0 Å². The molecule has 4 aliphatic carbocycles. The molecule has 4 N–H and O–H groups in total. The van der Waals surface area contributed by atoms with E-state index in [-0.39, 0.29) is 45.9 Å². The fourth-order valence-electron chi connectivity index (χ4n) is 8.32. The molecule has 4 rings (SSSR count). The van der Waals surface area contributed by atoms with Gasteiger partial charge in [-0.15, -0.1) is 18.3 Å². The van der Waals surface area contributed by atoms with E-state index < -0.39 is 29.1 Å². The molecule has 0 aromatic carbocycles. The van der Waals surface area contributed by atoms with Gasteiger partial charge in [-0.25, -0.2) is 0 Å². The summed E-state index contributed by atoms with van der Waals surface area (Å²) in [5.41, 5.74) is 4.39. The minimum Gasteiger partial charge on any atom is -0.461 e. The molecule has 0 saturated heterocycles. The molecule has 0 aromatic rings. The lowest BCUT2D eigenvalue weighted by molar-refractivity contribution is -0.205. The second kappa shape index (κ2) is 9.77. The van der Waals surface area contributed by atoms with Crippen LogP contribution in [0, 0.1) is 39.9 Å². The van der Waals surface area contributed by atoms with E-state index in [0.717, 1.165) is 25.7 Å². The average molecular weight is 508 g/mol. The Morgan fingerprint density at radius 3 is 2.60 bits per heavy atom. The topological polar surface area (TPSA) is 110 Å². The number of esters is 1. The summed E-state index contributed by atoms with van der Waals surface area (Å²) in [6.45, 7) is 13.1. The van der Waals surface area contributed by atoms with Gasteiger partial charge in [0.1, 0.15) is 11.9 Å². The van der Waals surface area contributed by atoms with Crippen LogP contribution in [0.1, 0.15) is 72.6 Å². The monoisotopic (exact) mass is 507 g/mol. The number of Topliss-reactive ketones (excluding diaryl/α,β-unsaturated/α-hetero) is 1. The molecule has 198 valence electrons. The van der Waals surface area contributed by atoms with E-state index in [1.165, 1.54) is 11.8 Å². The van der Waals surface area contributed by atoms with Crippen molar-refractivity contribution < 1.29 is 24.5 Å². The van der Waals surface area contributed by atoms with Gasteiger partial charge in [-0.3, -0.25) is 9.59 Å². The number of aliphatic hydroxyl groups is 2. The first-order valence-electron chi connectivity index (χ1n) is 13.5. The highest BCUT2D eigenvalue weighted by Crippen LogP contribution is 2.68. The zero-order valence-corrected chi connectivity index (χ0v) is 22.7. The van der Waals surface area contributed by atoms with E-state index in [1.807, 2.05) is 13.0 Å². The highest BCUT2D eigenvalue weighted by atomic mass is 32.2. The summed E-state index contributed by atoms with van der Waals surface area (Å²) in [5.74, 6) is 0.361. The van der Waals surface area contributed by atoms with Crippen LogP contribution in [0.5, 0.6) is 0 Å². The summed E-state index contributed by atoms with van der Waals surface area (Å²) in [5, 5.41) is 22.0. The number of ether oxygens (including phenoxy) is 1. The van der Waals surface area contributed by atoms with Gasteiger partial charge in [0.25, 0.3) is 0 Å². The van der Waals surface area contributed by atoms with Gasteiger partial charge >= 0.3 is 5.97 Å². The highest BCUT2D eigenvalue weighted by molar-refractivity contribution is 8.00. The molecule has 0 amide bonds. The van der Waals surface area contributed by atoms with E-state index in [0.29, 0.717) is 31.7 Å². The van der Waals surface area contributed by atoms with Crippen molar-refractivity contribution in [2.75, 3.05) is 12.3 Å². The Balaban J connectivity index is 1.62. The maximum Gasteiger partial charge on any atom is 0.316 e. The van der Waals surface area contributed by atoms with Gasteiger partial charge in [-0.2, -0.15) is 0 Å². The largest absolute Gasteiger partial charge is 0.461 e. The van der Waals surface area contributed by atoms with E-state index in [1.54, 1.807) is 0 Å². The fourth-order valence-corrected chi connectivity index (χ4v) is 9.48. The maximum absolute atomic E-state index is 13.5. The molecule has 4 aliphatic rings. The molecule has 4 fully saturated rings. The van der Waals surface area contributed by atoms with Crippen molar-refractivity contribution in [2.24, 2.45) is 45.7 Å². The molecular formula is C28H45NO5S. The zero-order valence-electron chi connectivity index (χ0n) is 21.9. The van der Waals surface area contributed by atoms with Gasteiger partial charge in [-0.05, 0) is 68.2 Å². The third-order valence-corrected chi connectivity index (χ3v) is 12.2. The van der Waals surface area contributed by atoms with Crippen LogP contribution in [-0.2, 0) is 14.3 Å². The van der Waals surface area contributed by atoms with Gasteiger partial charge in [0.15, 0.2) is 0 Å². The number of carbonyl (C=O) groups excluding carboxylic acids is 2. The Hall–Kier alpha value is -0.890. The van der Waals surface area contributed by atoms with Crippen molar-refractivity contribution >= 4 is 23.5 Å². The molecule has 0 spiro atoms. The van der Waals surface area contributed by atoms with Crippen molar-refractivity contribution in [1.82, 2.24) is 0 Å². The quantitative estimate of drug-likeness (QED) is 0.371. The molecule has 35 heavy (non-hydrogen) atoms. The second-order valence-corrected chi connectivity index (χ2v) is 13.8. The molecule has 6 nitrogen and oxygen atoms in total. The first-order chi connectivity index (χ1) is 16.4. The number of thioether (sulfide) groups is 1. The average Bonchev–Trinajstić information content (AvgIpc) is 3.38. The molecular weight excluding hydrogens is 462 g/mol. The Kier molecular flexibility index (Phi) is 7.58. The third-order valence-electron chi connectivity index (χ3n) is 10.9. The van der Waals surface area contributed by atoms with Gasteiger partial charge in [0.05, 0.1) is 18.0 Å². The number of nitrogens with two attached hydrogens (primary N) is 1. The lowest BCUT2D eigenvalue weighted by Crippen LogP contribution is -2.63. The van der Waals surface area contributed by atoms with Gasteiger partial charge in [0, 0.05) is 28.4 Å². The van der Waals surface area contributed by atoms with Crippen LogP contribution in [0.4, 0.5) is 0 Å². The Labute approximate surface area is 214 Å². The minimum absolute atomic E-state index is 0.0113. The Morgan fingerprint density at radius 1 is 1.26 bits per heavy atom. The molecule has 4 saturated carbocycles. The van der Waals surface area contributed by atoms with Crippen molar-refractivity contribution in [3.63, 3.8) is 0 Å². The Bertz CT molecular complexity index is 851. The zero-order chi connectivity index (χ0) is 25.8. The maximum atomic E-state index is 13.5. The highest BCUT2D eigenvalue weighted by Gasteiger charge is 2.68. The van der Waals surface area contributed by atoms with Gasteiger partial charge in [0.2, 0.25) is 0 Å². The Morgan fingerprint density at radius 2 is 1.97 bits per heavy atom. The normalized spacial score (nSPS) is 49.7. The molecule has 11 atom stereocenters. The number of rotatable bonds is 6. The van der Waals surface area contributed by atoms with Gasteiger partial charge < -0.3 is 20.7 Å². The molecule has 7 heteroatoms. The summed E-state index contributed by atoms with van der Waals surface area (Å²) in [4.78, 5) is 26.7. The molecule has 3 unspecified atom stereocenters. The van der Waals surface area contributed by atoms with E-state index >= 15 is 0 Å².